The average molecular weight is 507 g/mol. The van der Waals surface area contributed by atoms with Crippen molar-refractivity contribution in [1.29, 1.82) is 0 Å². The number of fused-ring (bicyclic) bond motifs is 1. The highest BCUT2D eigenvalue weighted by Gasteiger charge is 2.34. The number of rotatable bonds is 8. The van der Waals surface area contributed by atoms with Crippen molar-refractivity contribution in [1.82, 2.24) is 19.8 Å². The predicted octanol–water partition coefficient (Wildman–Crippen LogP) is 3.96. The Bertz CT molecular complexity index is 1380. The van der Waals surface area contributed by atoms with E-state index in [2.05, 4.69) is 25.8 Å². The summed E-state index contributed by atoms with van der Waals surface area (Å²) in [6.07, 6.45) is 2.00. The predicted molar refractivity (Wildman–Crippen MR) is 145 cm³/mol. The van der Waals surface area contributed by atoms with Gasteiger partial charge in [-0.1, -0.05) is 18.2 Å². The minimum absolute atomic E-state index is 0.0704. The van der Waals surface area contributed by atoms with Gasteiger partial charge in [0.1, 0.15) is 11.5 Å². The zero-order chi connectivity index (χ0) is 26.9. The van der Waals surface area contributed by atoms with Crippen LogP contribution in [0.3, 0.4) is 0 Å². The first-order chi connectivity index (χ1) is 17.5. The van der Waals surface area contributed by atoms with Gasteiger partial charge in [-0.3, -0.25) is 19.3 Å². The van der Waals surface area contributed by atoms with E-state index in [0.29, 0.717) is 28.5 Å². The SMILES string of the molecule is COc1cc(C)[nH]c(=O)c1CNC(=O)c1c(C)n(CC2CCN(C(C)(C)C(C)=O)CC2)c2ccccc12. The number of aryl methyl sites for hydroxylation is 1. The molecule has 0 saturated carbocycles. The van der Waals surface area contributed by atoms with Crippen LogP contribution in [0.4, 0.5) is 0 Å². The Morgan fingerprint density at radius 1 is 1.16 bits per heavy atom. The number of carbonyl (C=O) groups is 2. The van der Waals surface area contributed by atoms with Crippen molar-refractivity contribution in [3.8, 4) is 5.75 Å². The number of ether oxygens (including phenoxy) is 1. The zero-order valence-electron chi connectivity index (χ0n) is 22.7. The summed E-state index contributed by atoms with van der Waals surface area (Å²) >= 11 is 0. The van der Waals surface area contributed by atoms with Crippen LogP contribution in [0.15, 0.2) is 35.1 Å². The van der Waals surface area contributed by atoms with E-state index < -0.39 is 5.54 Å². The van der Waals surface area contributed by atoms with E-state index in [9.17, 15) is 14.4 Å². The van der Waals surface area contributed by atoms with E-state index in [0.717, 1.165) is 49.1 Å². The van der Waals surface area contributed by atoms with Crippen molar-refractivity contribution in [3.63, 3.8) is 0 Å². The van der Waals surface area contributed by atoms with Gasteiger partial charge in [0, 0.05) is 28.8 Å². The normalized spacial score (nSPS) is 15.2. The third-order valence-electron chi connectivity index (χ3n) is 8.04. The number of ketones is 1. The fraction of sp³-hybridized carbons (Fsp3) is 0.483. The van der Waals surface area contributed by atoms with Crippen LogP contribution in [-0.2, 0) is 17.9 Å². The number of nitrogens with one attached hydrogen (secondary N) is 2. The van der Waals surface area contributed by atoms with E-state index in [4.69, 9.17) is 4.74 Å². The Kier molecular flexibility index (Phi) is 7.59. The molecule has 2 aromatic heterocycles. The number of para-hydroxylation sites is 1. The highest BCUT2D eigenvalue weighted by atomic mass is 16.5. The Morgan fingerprint density at radius 3 is 2.49 bits per heavy atom. The minimum Gasteiger partial charge on any atom is -0.496 e. The number of carbonyl (C=O) groups excluding carboxylic acids is 2. The molecule has 0 radical (unpaired) electrons. The number of piperidine rings is 1. The van der Waals surface area contributed by atoms with Gasteiger partial charge >= 0.3 is 0 Å². The number of H-pyrrole nitrogens is 1. The summed E-state index contributed by atoms with van der Waals surface area (Å²) in [5.74, 6) is 0.895. The topological polar surface area (TPSA) is 96.4 Å². The fourth-order valence-electron chi connectivity index (χ4n) is 5.40. The van der Waals surface area contributed by atoms with Gasteiger partial charge in [-0.15, -0.1) is 0 Å². The van der Waals surface area contributed by atoms with Gasteiger partial charge < -0.3 is 19.6 Å². The molecule has 1 saturated heterocycles. The van der Waals surface area contributed by atoms with Crippen molar-refractivity contribution in [2.75, 3.05) is 20.2 Å². The Morgan fingerprint density at radius 2 is 1.84 bits per heavy atom. The lowest BCUT2D eigenvalue weighted by Gasteiger charge is -2.41. The molecule has 0 atom stereocenters. The number of aromatic amines is 1. The molecule has 3 aromatic rings. The number of benzene rings is 1. The molecular formula is C29H38N4O4. The number of hydrogen-bond acceptors (Lipinski definition) is 5. The van der Waals surface area contributed by atoms with Gasteiger partial charge in [-0.2, -0.15) is 0 Å². The van der Waals surface area contributed by atoms with E-state index >= 15 is 0 Å². The smallest absolute Gasteiger partial charge is 0.256 e. The van der Waals surface area contributed by atoms with Crippen LogP contribution in [0.1, 0.15) is 60.9 Å². The van der Waals surface area contributed by atoms with E-state index in [1.807, 2.05) is 39.0 Å². The molecule has 37 heavy (non-hydrogen) atoms. The third-order valence-corrected chi connectivity index (χ3v) is 8.04. The average Bonchev–Trinajstić information content (AvgIpc) is 3.14. The van der Waals surface area contributed by atoms with E-state index in [1.54, 1.807) is 19.9 Å². The molecular weight excluding hydrogens is 468 g/mol. The molecule has 1 fully saturated rings. The molecule has 1 amide bonds. The quantitative estimate of drug-likeness (QED) is 0.482. The van der Waals surface area contributed by atoms with Gasteiger partial charge in [0.25, 0.3) is 11.5 Å². The van der Waals surface area contributed by atoms with E-state index in [-0.39, 0.29) is 23.8 Å². The second-order valence-electron chi connectivity index (χ2n) is 10.6. The maximum atomic E-state index is 13.4. The van der Waals surface area contributed by atoms with Crippen LogP contribution in [0.2, 0.25) is 0 Å². The van der Waals surface area contributed by atoms with Crippen molar-refractivity contribution in [3.05, 3.63) is 63.2 Å². The molecule has 2 N–H and O–H groups in total. The molecule has 198 valence electrons. The van der Waals surface area contributed by atoms with Crippen LogP contribution in [0.25, 0.3) is 10.9 Å². The molecule has 1 aromatic carbocycles. The van der Waals surface area contributed by atoms with Crippen LogP contribution in [0, 0.1) is 19.8 Å². The lowest BCUT2D eigenvalue weighted by Crippen LogP contribution is -2.52. The Labute approximate surface area is 218 Å². The van der Waals surface area contributed by atoms with Crippen molar-refractivity contribution in [2.24, 2.45) is 5.92 Å². The maximum Gasteiger partial charge on any atom is 0.256 e. The summed E-state index contributed by atoms with van der Waals surface area (Å²) in [4.78, 5) is 43.1. The Balaban J connectivity index is 1.55. The van der Waals surface area contributed by atoms with Crippen molar-refractivity contribution in [2.45, 2.75) is 66.1 Å². The van der Waals surface area contributed by atoms with Gasteiger partial charge in [0.2, 0.25) is 0 Å². The fourth-order valence-corrected chi connectivity index (χ4v) is 5.40. The monoisotopic (exact) mass is 506 g/mol. The standard InChI is InChI=1S/C29H38N4O4/c1-18-15-25(37-6)23(27(35)31-18)16-30-28(36)26-19(2)33(24-10-8-7-9-22(24)26)17-21-11-13-32(14-12-21)29(4,5)20(3)34/h7-10,15,21H,11-14,16-17H2,1-6H3,(H,30,36)(H,31,35). The number of nitrogens with zero attached hydrogens (tertiary/aromatic N) is 2. The minimum atomic E-state index is -0.436. The summed E-state index contributed by atoms with van der Waals surface area (Å²) in [5.41, 5.74) is 2.96. The van der Waals surface area contributed by atoms with Crippen molar-refractivity contribution >= 4 is 22.6 Å². The molecule has 8 heteroatoms. The first kappa shape index (κ1) is 26.7. The highest BCUT2D eigenvalue weighted by molar-refractivity contribution is 6.08. The Hall–Kier alpha value is -3.39. The van der Waals surface area contributed by atoms with Crippen LogP contribution >= 0.6 is 0 Å². The number of aromatic nitrogens is 2. The number of pyridine rings is 1. The summed E-state index contributed by atoms with van der Waals surface area (Å²) < 4.78 is 7.62. The molecule has 8 nitrogen and oxygen atoms in total. The maximum absolute atomic E-state index is 13.4. The molecule has 1 aliphatic rings. The molecule has 3 heterocycles. The lowest BCUT2D eigenvalue weighted by molar-refractivity contribution is -0.128. The van der Waals surface area contributed by atoms with Gasteiger partial charge in [0.05, 0.1) is 30.3 Å². The molecule has 0 bridgehead atoms. The lowest BCUT2D eigenvalue weighted by atomic mass is 9.90. The number of likely N-dealkylation sites (tertiary alicyclic amines) is 1. The van der Waals surface area contributed by atoms with Crippen LogP contribution < -0.4 is 15.6 Å². The number of Topliss-reactive ketones (excluding diaryl/α,β-unsaturated/α-hetero) is 1. The van der Waals surface area contributed by atoms with Crippen LogP contribution in [-0.4, -0.2) is 51.9 Å². The van der Waals surface area contributed by atoms with Crippen LogP contribution in [0.5, 0.6) is 5.75 Å². The highest BCUT2D eigenvalue weighted by Crippen LogP contribution is 2.31. The number of methoxy groups -OCH3 is 1. The first-order valence-electron chi connectivity index (χ1n) is 12.9. The van der Waals surface area contributed by atoms with Gasteiger partial charge in [-0.25, -0.2) is 0 Å². The van der Waals surface area contributed by atoms with Gasteiger partial charge in [0.15, 0.2) is 0 Å². The largest absolute Gasteiger partial charge is 0.496 e. The molecule has 1 aliphatic heterocycles. The third kappa shape index (κ3) is 5.21. The van der Waals surface area contributed by atoms with E-state index in [1.165, 1.54) is 7.11 Å². The molecule has 0 aliphatic carbocycles. The first-order valence-corrected chi connectivity index (χ1v) is 12.9. The number of amides is 1. The second-order valence-corrected chi connectivity index (χ2v) is 10.6. The summed E-state index contributed by atoms with van der Waals surface area (Å²) in [7, 11) is 1.52. The molecule has 0 spiro atoms. The van der Waals surface area contributed by atoms with Gasteiger partial charge in [-0.05, 0) is 78.6 Å². The zero-order valence-corrected chi connectivity index (χ0v) is 22.7. The number of hydrogen-bond donors (Lipinski definition) is 2. The molecule has 0 unspecified atom stereocenters. The van der Waals surface area contributed by atoms with Crippen molar-refractivity contribution < 1.29 is 14.3 Å². The molecule has 4 rings (SSSR count). The summed E-state index contributed by atoms with van der Waals surface area (Å²) in [6.45, 7) is 12.1. The summed E-state index contributed by atoms with van der Waals surface area (Å²) in [6, 6.07) is 9.72. The second kappa shape index (κ2) is 10.5. The summed E-state index contributed by atoms with van der Waals surface area (Å²) in [5, 5.41) is 3.84.